The molecule has 0 saturated heterocycles. The number of rotatable bonds is 5. The molecule has 0 heterocycles. The van der Waals surface area contributed by atoms with E-state index in [0.29, 0.717) is 0 Å². The molecule has 0 aliphatic carbocycles. The van der Waals surface area contributed by atoms with Crippen molar-refractivity contribution in [2.75, 3.05) is 6.54 Å². The smallest absolute Gasteiger partial charge is 0.0590 e. The lowest BCUT2D eigenvalue weighted by Gasteiger charge is -2.23. The Hall–Kier alpha value is -1.12. The average Bonchev–Trinajstić information content (AvgIpc) is 2.45. The standard InChI is InChI=1S/C18H22BrN/c1-4-12-20-18(16-9-5-6-11-17(16)19)15-10-7-8-13(2)14(15)3/h5-11,18,20H,4,12H2,1-3H3. The van der Waals surface area contributed by atoms with Crippen LogP contribution in [0.25, 0.3) is 0 Å². The molecule has 2 aromatic rings. The van der Waals surface area contributed by atoms with Crippen LogP contribution in [0.4, 0.5) is 0 Å². The minimum atomic E-state index is 0.241. The van der Waals surface area contributed by atoms with Gasteiger partial charge in [-0.2, -0.15) is 0 Å². The normalized spacial score (nSPS) is 12.4. The van der Waals surface area contributed by atoms with E-state index in [4.69, 9.17) is 0 Å². The highest BCUT2D eigenvalue weighted by Gasteiger charge is 2.18. The van der Waals surface area contributed by atoms with Crippen molar-refractivity contribution in [3.8, 4) is 0 Å². The maximum Gasteiger partial charge on any atom is 0.0590 e. The molecule has 0 aromatic heterocycles. The van der Waals surface area contributed by atoms with Crippen molar-refractivity contribution < 1.29 is 0 Å². The summed E-state index contributed by atoms with van der Waals surface area (Å²) in [5.74, 6) is 0. The fraction of sp³-hybridized carbons (Fsp3) is 0.333. The Morgan fingerprint density at radius 3 is 2.40 bits per heavy atom. The zero-order chi connectivity index (χ0) is 14.5. The highest BCUT2D eigenvalue weighted by molar-refractivity contribution is 9.10. The van der Waals surface area contributed by atoms with Crippen molar-refractivity contribution in [3.05, 3.63) is 69.2 Å². The minimum absolute atomic E-state index is 0.241. The first kappa shape index (κ1) is 15.3. The highest BCUT2D eigenvalue weighted by Crippen LogP contribution is 2.31. The van der Waals surface area contributed by atoms with Gasteiger partial charge in [-0.3, -0.25) is 0 Å². The zero-order valence-electron chi connectivity index (χ0n) is 12.4. The molecule has 0 aliphatic heterocycles. The quantitative estimate of drug-likeness (QED) is 0.798. The van der Waals surface area contributed by atoms with Gasteiger partial charge in [-0.15, -0.1) is 0 Å². The van der Waals surface area contributed by atoms with Crippen LogP contribution in [-0.2, 0) is 0 Å². The monoisotopic (exact) mass is 331 g/mol. The third-order valence-electron chi connectivity index (χ3n) is 3.77. The molecule has 2 aromatic carbocycles. The van der Waals surface area contributed by atoms with Gasteiger partial charge in [0.25, 0.3) is 0 Å². The Kier molecular flexibility index (Phi) is 5.38. The predicted octanol–water partition coefficient (Wildman–Crippen LogP) is 5.15. The third-order valence-corrected chi connectivity index (χ3v) is 4.49. The third kappa shape index (κ3) is 3.31. The van der Waals surface area contributed by atoms with Gasteiger partial charge in [-0.05, 0) is 55.1 Å². The Labute approximate surface area is 130 Å². The first-order valence-electron chi connectivity index (χ1n) is 7.19. The fourth-order valence-electron chi connectivity index (χ4n) is 2.47. The van der Waals surface area contributed by atoms with Gasteiger partial charge in [-0.25, -0.2) is 0 Å². The summed E-state index contributed by atoms with van der Waals surface area (Å²) in [6.07, 6.45) is 1.13. The van der Waals surface area contributed by atoms with E-state index in [1.54, 1.807) is 0 Å². The lowest BCUT2D eigenvalue weighted by atomic mass is 9.92. The maximum atomic E-state index is 3.69. The number of benzene rings is 2. The molecule has 1 unspecified atom stereocenters. The van der Waals surface area contributed by atoms with Crippen LogP contribution in [-0.4, -0.2) is 6.54 Å². The van der Waals surface area contributed by atoms with Crippen LogP contribution in [0.2, 0.25) is 0 Å². The SMILES string of the molecule is CCCNC(c1ccccc1Br)c1cccc(C)c1C. The van der Waals surface area contributed by atoms with E-state index in [1.807, 2.05) is 0 Å². The Bertz CT molecular complexity index is 577. The molecule has 1 nitrogen and oxygen atoms in total. The van der Waals surface area contributed by atoms with Crippen molar-refractivity contribution in [3.63, 3.8) is 0 Å². The Balaban J connectivity index is 2.47. The van der Waals surface area contributed by atoms with Gasteiger partial charge in [0.05, 0.1) is 6.04 Å². The molecule has 1 atom stereocenters. The average molecular weight is 332 g/mol. The zero-order valence-corrected chi connectivity index (χ0v) is 14.0. The van der Waals surface area contributed by atoms with E-state index in [0.717, 1.165) is 17.4 Å². The second-order valence-electron chi connectivity index (χ2n) is 5.20. The van der Waals surface area contributed by atoms with E-state index in [1.165, 1.54) is 22.3 Å². The van der Waals surface area contributed by atoms with Gasteiger partial charge >= 0.3 is 0 Å². The van der Waals surface area contributed by atoms with E-state index in [2.05, 4.69) is 84.5 Å². The molecule has 20 heavy (non-hydrogen) atoms. The van der Waals surface area contributed by atoms with E-state index in [-0.39, 0.29) is 6.04 Å². The number of aryl methyl sites for hydroxylation is 1. The summed E-state index contributed by atoms with van der Waals surface area (Å²) >= 11 is 3.69. The summed E-state index contributed by atoms with van der Waals surface area (Å²) in [5.41, 5.74) is 5.38. The maximum absolute atomic E-state index is 3.69. The molecule has 0 amide bonds. The molecular formula is C18H22BrN. The van der Waals surface area contributed by atoms with Gasteiger partial charge in [0.2, 0.25) is 0 Å². The number of nitrogens with one attached hydrogen (secondary N) is 1. The van der Waals surface area contributed by atoms with Gasteiger partial charge in [0.15, 0.2) is 0 Å². The van der Waals surface area contributed by atoms with E-state index in [9.17, 15) is 0 Å². The summed E-state index contributed by atoms with van der Waals surface area (Å²) in [6, 6.07) is 15.3. The van der Waals surface area contributed by atoms with Crippen molar-refractivity contribution in [2.24, 2.45) is 0 Å². The van der Waals surface area contributed by atoms with Gasteiger partial charge in [-0.1, -0.05) is 59.3 Å². The van der Waals surface area contributed by atoms with Crippen molar-refractivity contribution in [1.29, 1.82) is 0 Å². The van der Waals surface area contributed by atoms with Crippen LogP contribution in [0.1, 0.15) is 41.6 Å². The molecule has 2 rings (SSSR count). The van der Waals surface area contributed by atoms with Crippen LogP contribution < -0.4 is 5.32 Å². The molecule has 0 aliphatic rings. The summed E-state index contributed by atoms with van der Waals surface area (Å²) in [7, 11) is 0. The molecule has 0 saturated carbocycles. The molecule has 0 fully saturated rings. The Morgan fingerprint density at radius 1 is 1.00 bits per heavy atom. The number of hydrogen-bond donors (Lipinski definition) is 1. The Morgan fingerprint density at radius 2 is 1.70 bits per heavy atom. The van der Waals surface area contributed by atoms with Gasteiger partial charge in [0, 0.05) is 4.47 Å². The predicted molar refractivity (Wildman–Crippen MR) is 90.2 cm³/mol. The van der Waals surface area contributed by atoms with Crippen molar-refractivity contribution >= 4 is 15.9 Å². The van der Waals surface area contributed by atoms with Gasteiger partial charge < -0.3 is 5.32 Å². The summed E-state index contributed by atoms with van der Waals surface area (Å²) in [5, 5.41) is 3.68. The first-order chi connectivity index (χ1) is 9.65. The van der Waals surface area contributed by atoms with E-state index < -0.39 is 0 Å². The summed E-state index contributed by atoms with van der Waals surface area (Å²) < 4.78 is 1.16. The lowest BCUT2D eigenvalue weighted by molar-refractivity contribution is 0.594. The van der Waals surface area contributed by atoms with Crippen LogP contribution in [0.15, 0.2) is 46.9 Å². The van der Waals surface area contributed by atoms with Crippen molar-refractivity contribution in [2.45, 2.75) is 33.2 Å². The van der Waals surface area contributed by atoms with Crippen LogP contribution >= 0.6 is 15.9 Å². The van der Waals surface area contributed by atoms with Crippen LogP contribution in [0.5, 0.6) is 0 Å². The molecule has 1 N–H and O–H groups in total. The second-order valence-corrected chi connectivity index (χ2v) is 6.05. The molecule has 106 valence electrons. The summed E-state index contributed by atoms with van der Waals surface area (Å²) in [6.45, 7) is 7.60. The van der Waals surface area contributed by atoms with E-state index >= 15 is 0 Å². The molecule has 2 heteroatoms. The second kappa shape index (κ2) is 7.05. The highest BCUT2D eigenvalue weighted by atomic mass is 79.9. The number of hydrogen-bond acceptors (Lipinski definition) is 1. The van der Waals surface area contributed by atoms with Crippen LogP contribution in [0.3, 0.4) is 0 Å². The van der Waals surface area contributed by atoms with Crippen molar-refractivity contribution in [1.82, 2.24) is 5.32 Å². The molecule has 0 bridgehead atoms. The topological polar surface area (TPSA) is 12.0 Å². The first-order valence-corrected chi connectivity index (χ1v) is 7.98. The molecule has 0 radical (unpaired) electrons. The largest absolute Gasteiger partial charge is 0.306 e. The van der Waals surface area contributed by atoms with Crippen LogP contribution in [0, 0.1) is 13.8 Å². The molecule has 0 spiro atoms. The molecular weight excluding hydrogens is 310 g/mol. The van der Waals surface area contributed by atoms with Gasteiger partial charge in [0.1, 0.15) is 0 Å². The lowest BCUT2D eigenvalue weighted by Crippen LogP contribution is -2.24. The number of halogens is 1. The summed E-state index contributed by atoms with van der Waals surface area (Å²) in [4.78, 5) is 0. The minimum Gasteiger partial charge on any atom is -0.306 e. The fourth-order valence-corrected chi connectivity index (χ4v) is 2.99.